The van der Waals surface area contributed by atoms with E-state index in [1.54, 1.807) is 47.4 Å². The van der Waals surface area contributed by atoms with E-state index in [-0.39, 0.29) is 22.1 Å². The molecular formula is C24H24N4O4S. The van der Waals surface area contributed by atoms with Gasteiger partial charge in [-0.25, -0.2) is 8.42 Å². The topological polar surface area (TPSA) is 92.6 Å². The molecule has 5 rings (SSSR count). The Bertz CT molecular complexity index is 1360. The maximum atomic E-state index is 13.4. The molecule has 1 fully saturated rings. The predicted octanol–water partition coefficient (Wildman–Crippen LogP) is 2.61. The van der Waals surface area contributed by atoms with E-state index < -0.39 is 10.0 Å². The minimum absolute atomic E-state index is 0.153. The Kier molecular flexibility index (Phi) is 5.59. The van der Waals surface area contributed by atoms with Crippen LogP contribution in [0.25, 0.3) is 5.69 Å². The quantitative estimate of drug-likeness (QED) is 0.592. The van der Waals surface area contributed by atoms with Crippen molar-refractivity contribution in [3.8, 4) is 5.69 Å². The Morgan fingerprint density at radius 2 is 1.64 bits per heavy atom. The van der Waals surface area contributed by atoms with Crippen molar-refractivity contribution in [3.05, 3.63) is 82.3 Å². The summed E-state index contributed by atoms with van der Waals surface area (Å²) in [5.41, 5.74) is 1.92. The molecule has 8 nitrogen and oxygen atoms in total. The molecule has 2 aromatic carbocycles. The zero-order valence-electron chi connectivity index (χ0n) is 18.1. The largest absolute Gasteiger partial charge is 0.307 e. The molecule has 170 valence electrons. The summed E-state index contributed by atoms with van der Waals surface area (Å²) in [4.78, 5) is 27.6. The van der Waals surface area contributed by atoms with Crippen LogP contribution in [0.3, 0.4) is 0 Å². The van der Waals surface area contributed by atoms with Gasteiger partial charge in [-0.05, 0) is 67.6 Å². The standard InChI is InChI=1S/C24H24N4O4S/c29-23-13-11-21(25-28(23)19-8-2-1-3-9-19)24(30)27-16-6-7-18-17-20(10-12-22(18)27)33(31,32)26-14-4-5-15-26/h1-3,8-13,17H,4-7,14-16H2. The minimum atomic E-state index is -3.52. The Morgan fingerprint density at radius 3 is 2.39 bits per heavy atom. The van der Waals surface area contributed by atoms with Crippen LogP contribution in [0.1, 0.15) is 35.3 Å². The van der Waals surface area contributed by atoms with Crippen molar-refractivity contribution >= 4 is 21.6 Å². The van der Waals surface area contributed by atoms with Crippen molar-refractivity contribution in [2.75, 3.05) is 24.5 Å². The smallest absolute Gasteiger partial charge is 0.278 e. The normalized spacial score (nSPS) is 16.5. The number of para-hydroxylation sites is 1. The lowest BCUT2D eigenvalue weighted by Gasteiger charge is -2.30. The number of hydrogen-bond donors (Lipinski definition) is 0. The van der Waals surface area contributed by atoms with Gasteiger partial charge in [0, 0.05) is 31.4 Å². The van der Waals surface area contributed by atoms with Gasteiger partial charge in [-0.3, -0.25) is 9.59 Å². The van der Waals surface area contributed by atoms with E-state index in [0.717, 1.165) is 18.4 Å². The average Bonchev–Trinajstić information content (AvgIpc) is 3.40. The van der Waals surface area contributed by atoms with Gasteiger partial charge in [0.1, 0.15) is 5.69 Å². The Labute approximate surface area is 192 Å². The van der Waals surface area contributed by atoms with Crippen molar-refractivity contribution < 1.29 is 13.2 Å². The fraction of sp³-hybridized carbons (Fsp3) is 0.292. The highest BCUT2D eigenvalue weighted by Crippen LogP contribution is 2.32. The molecule has 33 heavy (non-hydrogen) atoms. The summed E-state index contributed by atoms with van der Waals surface area (Å²) in [6.07, 6.45) is 3.17. The number of carbonyl (C=O) groups excluding carboxylic acids is 1. The van der Waals surface area contributed by atoms with E-state index in [2.05, 4.69) is 5.10 Å². The Hall–Kier alpha value is -3.30. The number of rotatable bonds is 4. The number of aromatic nitrogens is 2. The Morgan fingerprint density at radius 1 is 0.879 bits per heavy atom. The molecule has 0 bridgehead atoms. The van der Waals surface area contributed by atoms with Crippen molar-refractivity contribution in [3.63, 3.8) is 0 Å². The van der Waals surface area contributed by atoms with Crippen molar-refractivity contribution in [1.29, 1.82) is 0 Å². The van der Waals surface area contributed by atoms with E-state index in [1.807, 2.05) is 6.07 Å². The second kappa shape index (κ2) is 8.57. The summed E-state index contributed by atoms with van der Waals surface area (Å²) >= 11 is 0. The van der Waals surface area contributed by atoms with Crippen molar-refractivity contribution in [2.24, 2.45) is 0 Å². The van der Waals surface area contributed by atoms with E-state index in [9.17, 15) is 18.0 Å². The predicted molar refractivity (Wildman–Crippen MR) is 124 cm³/mol. The first kappa shape index (κ1) is 21.5. The third kappa shape index (κ3) is 3.98. The average molecular weight is 465 g/mol. The summed E-state index contributed by atoms with van der Waals surface area (Å²) < 4.78 is 28.7. The lowest BCUT2D eigenvalue weighted by Crippen LogP contribution is -2.37. The van der Waals surface area contributed by atoms with Crippen molar-refractivity contribution in [1.82, 2.24) is 14.1 Å². The van der Waals surface area contributed by atoms with Gasteiger partial charge >= 0.3 is 0 Å². The maximum absolute atomic E-state index is 13.4. The SMILES string of the molecule is O=C(c1ccc(=O)n(-c2ccccc2)n1)N1CCCc2cc(S(=O)(=O)N3CCCC3)ccc21. The van der Waals surface area contributed by atoms with Crippen LogP contribution in [0, 0.1) is 0 Å². The van der Waals surface area contributed by atoms with Gasteiger partial charge in [0.25, 0.3) is 11.5 Å². The number of benzene rings is 2. The van der Waals surface area contributed by atoms with E-state index in [1.165, 1.54) is 21.1 Å². The van der Waals surface area contributed by atoms with Gasteiger partial charge in [0.15, 0.2) is 0 Å². The van der Waals surface area contributed by atoms with Crippen LogP contribution in [-0.2, 0) is 16.4 Å². The van der Waals surface area contributed by atoms with Crippen LogP contribution in [0.5, 0.6) is 0 Å². The number of aryl methyl sites for hydroxylation is 1. The molecule has 1 aromatic heterocycles. The first-order valence-corrected chi connectivity index (χ1v) is 12.5. The lowest BCUT2D eigenvalue weighted by atomic mass is 10.0. The highest BCUT2D eigenvalue weighted by Gasteiger charge is 2.30. The fourth-order valence-corrected chi connectivity index (χ4v) is 6.01. The summed E-state index contributed by atoms with van der Waals surface area (Å²) in [6.45, 7) is 1.59. The molecule has 0 N–H and O–H groups in total. The summed E-state index contributed by atoms with van der Waals surface area (Å²) in [5, 5.41) is 4.31. The Balaban J connectivity index is 1.48. The van der Waals surface area contributed by atoms with Crippen LogP contribution >= 0.6 is 0 Å². The van der Waals surface area contributed by atoms with Crippen molar-refractivity contribution in [2.45, 2.75) is 30.6 Å². The summed E-state index contributed by atoms with van der Waals surface area (Å²) in [7, 11) is -3.52. The number of fused-ring (bicyclic) bond motifs is 1. The van der Waals surface area contributed by atoms with Gasteiger partial charge in [0.2, 0.25) is 10.0 Å². The molecule has 2 aliphatic rings. The number of sulfonamides is 1. The highest BCUT2D eigenvalue weighted by atomic mass is 32.2. The lowest BCUT2D eigenvalue weighted by molar-refractivity contribution is 0.0978. The second-order valence-electron chi connectivity index (χ2n) is 8.27. The number of nitrogens with zero attached hydrogens (tertiary/aromatic N) is 4. The van der Waals surface area contributed by atoms with Gasteiger partial charge < -0.3 is 4.90 Å². The zero-order chi connectivity index (χ0) is 23.0. The first-order chi connectivity index (χ1) is 15.9. The van der Waals surface area contributed by atoms with Crippen LogP contribution < -0.4 is 10.5 Å². The van der Waals surface area contributed by atoms with Gasteiger partial charge in [-0.1, -0.05) is 18.2 Å². The molecule has 0 unspecified atom stereocenters. The molecule has 2 aliphatic heterocycles. The van der Waals surface area contributed by atoms with E-state index in [0.29, 0.717) is 43.9 Å². The van der Waals surface area contributed by atoms with Crippen LogP contribution in [-0.4, -0.2) is 48.0 Å². The van der Waals surface area contributed by atoms with E-state index >= 15 is 0 Å². The van der Waals surface area contributed by atoms with Crippen LogP contribution in [0.15, 0.2) is 70.4 Å². The number of hydrogen-bond acceptors (Lipinski definition) is 5. The van der Waals surface area contributed by atoms with Crippen LogP contribution in [0.4, 0.5) is 5.69 Å². The zero-order valence-corrected chi connectivity index (χ0v) is 18.9. The molecular weight excluding hydrogens is 440 g/mol. The first-order valence-electron chi connectivity index (χ1n) is 11.1. The molecule has 1 amide bonds. The molecule has 0 radical (unpaired) electrons. The molecule has 0 saturated carbocycles. The third-order valence-corrected chi connectivity index (χ3v) is 8.03. The van der Waals surface area contributed by atoms with Gasteiger partial charge in [-0.2, -0.15) is 14.1 Å². The number of anilines is 1. The highest BCUT2D eigenvalue weighted by molar-refractivity contribution is 7.89. The third-order valence-electron chi connectivity index (χ3n) is 6.14. The van der Waals surface area contributed by atoms with Gasteiger partial charge in [0.05, 0.1) is 10.6 Å². The molecule has 3 heterocycles. The maximum Gasteiger partial charge on any atom is 0.278 e. The molecule has 0 atom stereocenters. The second-order valence-corrected chi connectivity index (χ2v) is 10.2. The summed E-state index contributed by atoms with van der Waals surface area (Å²) in [5.74, 6) is -0.323. The fourth-order valence-electron chi connectivity index (χ4n) is 4.44. The monoisotopic (exact) mass is 464 g/mol. The number of carbonyl (C=O) groups is 1. The molecule has 0 spiro atoms. The molecule has 3 aromatic rings. The number of amides is 1. The molecule has 0 aliphatic carbocycles. The summed E-state index contributed by atoms with van der Waals surface area (Å²) in [6, 6.07) is 16.7. The minimum Gasteiger partial charge on any atom is -0.307 e. The van der Waals surface area contributed by atoms with Crippen LogP contribution in [0.2, 0.25) is 0 Å². The van der Waals surface area contributed by atoms with E-state index in [4.69, 9.17) is 0 Å². The molecule has 1 saturated heterocycles. The molecule has 9 heteroatoms. The van der Waals surface area contributed by atoms with Gasteiger partial charge in [-0.15, -0.1) is 0 Å².